The molecule has 1 saturated heterocycles. The molecule has 3 rings (SSSR count). The number of likely N-dealkylation sites (N-methyl/N-ethyl adjacent to an activating group) is 2. The highest BCUT2D eigenvalue weighted by molar-refractivity contribution is 7.12. The van der Waals surface area contributed by atoms with Crippen molar-refractivity contribution in [1.82, 2.24) is 20.0 Å². The predicted octanol–water partition coefficient (Wildman–Crippen LogP) is 2.27. The molecule has 0 unspecified atom stereocenters. The van der Waals surface area contributed by atoms with Crippen LogP contribution in [0.5, 0.6) is 0 Å². The first-order valence-electron chi connectivity index (χ1n) is 10.1. The molecular formula is C22H30N4O2S. The number of hydrogen-bond donors (Lipinski definition) is 1. The lowest BCUT2D eigenvalue weighted by atomic mass is 10.1. The summed E-state index contributed by atoms with van der Waals surface area (Å²) in [5, 5.41) is 4.75. The van der Waals surface area contributed by atoms with Crippen molar-refractivity contribution >= 4 is 23.2 Å². The van der Waals surface area contributed by atoms with Crippen molar-refractivity contribution in [3.63, 3.8) is 0 Å². The largest absolute Gasteiger partial charge is 0.350 e. The maximum Gasteiger partial charge on any atom is 0.264 e. The maximum atomic E-state index is 12.2. The summed E-state index contributed by atoms with van der Waals surface area (Å²) in [6, 6.07) is 12.0. The molecule has 29 heavy (non-hydrogen) atoms. The molecule has 1 aliphatic heterocycles. The van der Waals surface area contributed by atoms with Gasteiger partial charge in [0.05, 0.1) is 11.4 Å². The molecule has 1 aliphatic rings. The number of thiophene rings is 1. The van der Waals surface area contributed by atoms with Crippen LogP contribution in [-0.2, 0) is 17.9 Å². The van der Waals surface area contributed by atoms with Gasteiger partial charge in [-0.3, -0.25) is 14.5 Å². The summed E-state index contributed by atoms with van der Waals surface area (Å²) in [4.78, 5) is 31.4. The number of carbonyl (C=O) groups is 2. The Kier molecular flexibility index (Phi) is 7.80. The van der Waals surface area contributed by atoms with Crippen LogP contribution < -0.4 is 5.32 Å². The second-order valence-corrected chi connectivity index (χ2v) is 8.39. The van der Waals surface area contributed by atoms with Crippen molar-refractivity contribution in [2.24, 2.45) is 0 Å². The number of carbonyl (C=O) groups excluding carboxylic acids is 2. The SMILES string of the molecule is CCN1CCN(Cc2ccc(CNC(=O)CN(C)C(=O)c3cccs3)cc2)CC1. The molecule has 6 nitrogen and oxygen atoms in total. The summed E-state index contributed by atoms with van der Waals surface area (Å²) in [5.41, 5.74) is 2.36. The molecule has 0 atom stereocenters. The number of piperazine rings is 1. The van der Waals surface area contributed by atoms with Crippen LogP contribution in [0.4, 0.5) is 0 Å². The van der Waals surface area contributed by atoms with E-state index in [9.17, 15) is 9.59 Å². The molecule has 156 valence electrons. The smallest absolute Gasteiger partial charge is 0.264 e. The van der Waals surface area contributed by atoms with Gasteiger partial charge in [-0.1, -0.05) is 37.3 Å². The van der Waals surface area contributed by atoms with Crippen molar-refractivity contribution in [2.45, 2.75) is 20.0 Å². The summed E-state index contributed by atoms with van der Waals surface area (Å²) in [6.45, 7) is 9.35. The van der Waals surface area contributed by atoms with E-state index in [1.807, 2.05) is 11.4 Å². The Balaban J connectivity index is 1.40. The van der Waals surface area contributed by atoms with Crippen molar-refractivity contribution in [3.05, 3.63) is 57.8 Å². The molecule has 1 aromatic carbocycles. The van der Waals surface area contributed by atoms with E-state index in [0.717, 1.165) is 44.8 Å². The zero-order valence-corrected chi connectivity index (χ0v) is 18.1. The lowest BCUT2D eigenvalue weighted by Crippen LogP contribution is -2.45. The molecule has 0 radical (unpaired) electrons. The van der Waals surface area contributed by atoms with Crippen LogP contribution in [0.25, 0.3) is 0 Å². The molecule has 2 amide bonds. The molecule has 0 aliphatic carbocycles. The molecule has 0 bridgehead atoms. The highest BCUT2D eigenvalue weighted by Gasteiger charge is 2.16. The first-order chi connectivity index (χ1) is 14.0. The first kappa shape index (κ1) is 21.5. The van der Waals surface area contributed by atoms with Crippen molar-refractivity contribution in [3.8, 4) is 0 Å². The summed E-state index contributed by atoms with van der Waals surface area (Å²) < 4.78 is 0. The Hall–Kier alpha value is -2.22. The third-order valence-corrected chi connectivity index (χ3v) is 6.15. The van der Waals surface area contributed by atoms with Gasteiger partial charge in [-0.05, 0) is 29.1 Å². The van der Waals surface area contributed by atoms with E-state index in [0.29, 0.717) is 11.4 Å². The van der Waals surface area contributed by atoms with Gasteiger partial charge in [-0.15, -0.1) is 11.3 Å². The van der Waals surface area contributed by atoms with E-state index < -0.39 is 0 Å². The van der Waals surface area contributed by atoms with Crippen LogP contribution in [0.3, 0.4) is 0 Å². The van der Waals surface area contributed by atoms with Crippen molar-refractivity contribution in [1.29, 1.82) is 0 Å². The Morgan fingerprint density at radius 1 is 1.03 bits per heavy atom. The normalized spacial score (nSPS) is 15.2. The minimum atomic E-state index is -0.157. The van der Waals surface area contributed by atoms with Crippen LogP contribution >= 0.6 is 11.3 Å². The lowest BCUT2D eigenvalue weighted by molar-refractivity contribution is -0.121. The highest BCUT2D eigenvalue weighted by atomic mass is 32.1. The molecular weight excluding hydrogens is 384 g/mol. The Bertz CT molecular complexity index is 784. The molecule has 0 spiro atoms. The van der Waals surface area contributed by atoms with E-state index in [1.54, 1.807) is 13.1 Å². The number of amides is 2. The van der Waals surface area contributed by atoms with Crippen molar-refractivity contribution in [2.75, 3.05) is 46.3 Å². The van der Waals surface area contributed by atoms with E-state index in [2.05, 4.69) is 46.3 Å². The quantitative estimate of drug-likeness (QED) is 0.720. The van der Waals surface area contributed by atoms with Crippen molar-refractivity contribution < 1.29 is 9.59 Å². The summed E-state index contributed by atoms with van der Waals surface area (Å²) in [6.07, 6.45) is 0. The molecule has 2 aromatic rings. The molecule has 0 saturated carbocycles. The van der Waals surface area contributed by atoms with Gasteiger partial charge in [0, 0.05) is 46.3 Å². The number of nitrogens with one attached hydrogen (secondary N) is 1. The Labute approximate surface area is 177 Å². The molecule has 7 heteroatoms. The average molecular weight is 415 g/mol. The van der Waals surface area contributed by atoms with Crippen LogP contribution in [0.2, 0.25) is 0 Å². The zero-order valence-electron chi connectivity index (χ0n) is 17.3. The Morgan fingerprint density at radius 2 is 1.69 bits per heavy atom. The minimum absolute atomic E-state index is 0.0541. The summed E-state index contributed by atoms with van der Waals surface area (Å²) >= 11 is 1.38. The van der Waals surface area contributed by atoms with Crippen LogP contribution in [0, 0.1) is 0 Å². The first-order valence-corrected chi connectivity index (χ1v) is 11.0. The standard InChI is InChI=1S/C22H30N4O2S/c1-3-25-10-12-26(13-11-25)16-19-8-6-18(7-9-19)15-23-21(27)17-24(2)22(28)20-5-4-14-29-20/h4-9,14H,3,10-13,15-17H2,1-2H3,(H,23,27). The van der Waals surface area contributed by atoms with Gasteiger partial charge < -0.3 is 15.1 Å². The van der Waals surface area contributed by atoms with Crippen LogP contribution in [0.1, 0.15) is 27.7 Å². The van der Waals surface area contributed by atoms with E-state index in [4.69, 9.17) is 0 Å². The topological polar surface area (TPSA) is 55.9 Å². The number of hydrogen-bond acceptors (Lipinski definition) is 5. The lowest BCUT2D eigenvalue weighted by Gasteiger charge is -2.34. The van der Waals surface area contributed by atoms with E-state index in [1.165, 1.54) is 21.8 Å². The van der Waals surface area contributed by atoms with Gasteiger partial charge in [0.1, 0.15) is 0 Å². The average Bonchev–Trinajstić information content (AvgIpc) is 3.28. The highest BCUT2D eigenvalue weighted by Crippen LogP contribution is 2.12. The third-order valence-electron chi connectivity index (χ3n) is 5.29. The fourth-order valence-electron chi connectivity index (χ4n) is 3.42. The van der Waals surface area contributed by atoms with Gasteiger partial charge >= 0.3 is 0 Å². The predicted molar refractivity (Wildman–Crippen MR) is 117 cm³/mol. The fourth-order valence-corrected chi connectivity index (χ4v) is 4.13. The second kappa shape index (κ2) is 10.5. The summed E-state index contributed by atoms with van der Waals surface area (Å²) in [5.74, 6) is -0.283. The van der Waals surface area contributed by atoms with Gasteiger partial charge in [0.25, 0.3) is 5.91 Å². The maximum absolute atomic E-state index is 12.2. The third kappa shape index (κ3) is 6.39. The summed E-state index contributed by atoms with van der Waals surface area (Å²) in [7, 11) is 1.65. The number of nitrogens with zero attached hydrogens (tertiary/aromatic N) is 3. The number of benzene rings is 1. The van der Waals surface area contributed by atoms with Crippen LogP contribution in [-0.4, -0.2) is 72.8 Å². The van der Waals surface area contributed by atoms with E-state index >= 15 is 0 Å². The monoisotopic (exact) mass is 414 g/mol. The number of rotatable bonds is 8. The second-order valence-electron chi connectivity index (χ2n) is 7.44. The Morgan fingerprint density at radius 3 is 2.31 bits per heavy atom. The van der Waals surface area contributed by atoms with Gasteiger partial charge in [0.15, 0.2) is 0 Å². The van der Waals surface area contributed by atoms with Gasteiger partial charge in [0.2, 0.25) is 5.91 Å². The minimum Gasteiger partial charge on any atom is -0.350 e. The molecule has 2 heterocycles. The zero-order chi connectivity index (χ0) is 20.6. The molecule has 1 N–H and O–H groups in total. The molecule has 1 aromatic heterocycles. The van der Waals surface area contributed by atoms with Gasteiger partial charge in [-0.2, -0.15) is 0 Å². The van der Waals surface area contributed by atoms with Crippen LogP contribution in [0.15, 0.2) is 41.8 Å². The van der Waals surface area contributed by atoms with E-state index in [-0.39, 0.29) is 18.4 Å². The molecule has 1 fully saturated rings. The van der Waals surface area contributed by atoms with Gasteiger partial charge in [-0.25, -0.2) is 0 Å². The fraction of sp³-hybridized carbons (Fsp3) is 0.455.